The summed E-state index contributed by atoms with van der Waals surface area (Å²) in [5, 5.41) is 30.7. The molecule has 7 heteroatoms. The lowest BCUT2D eigenvalue weighted by Crippen LogP contribution is -2.36. The molecule has 2 aromatic heterocycles. The van der Waals surface area contributed by atoms with Crippen molar-refractivity contribution in [3.05, 3.63) is 155 Å². The van der Waals surface area contributed by atoms with Crippen molar-refractivity contribution in [2.45, 2.75) is 50.9 Å². The fourth-order valence-electron chi connectivity index (χ4n) is 7.40. The minimum atomic E-state index is -0.946. The van der Waals surface area contributed by atoms with E-state index < -0.39 is 10.8 Å². The summed E-state index contributed by atoms with van der Waals surface area (Å²) in [5.41, 5.74) is 8.48. The Balaban J connectivity index is 1.58. The monoisotopic (exact) mass is 637 g/mol. The second-order valence-corrected chi connectivity index (χ2v) is 12.8. The molecule has 3 aliphatic rings. The maximum absolute atomic E-state index is 10.3. The number of hydrogen-bond acceptors (Lipinski definition) is 5. The molecule has 0 saturated carbocycles. The molecule has 4 aromatic rings. The molecule has 0 radical (unpaired) electrons. The van der Waals surface area contributed by atoms with Crippen molar-refractivity contribution in [1.82, 2.24) is 9.97 Å². The predicted octanol–water partition coefficient (Wildman–Crippen LogP) is 9.10. The number of allylic oxidation sites excluding steroid dienone is 4. The molecule has 0 unspecified atom stereocenters. The van der Waals surface area contributed by atoms with Crippen LogP contribution in [-0.2, 0) is 5.41 Å². The molecule has 2 aromatic carbocycles. The van der Waals surface area contributed by atoms with E-state index in [2.05, 4.69) is 71.5 Å². The number of nitrogens with one attached hydrogen (secondary N) is 2. The van der Waals surface area contributed by atoms with Crippen molar-refractivity contribution in [2.24, 2.45) is 15.4 Å². The molecule has 49 heavy (non-hydrogen) atoms. The van der Waals surface area contributed by atoms with Gasteiger partial charge in [0.05, 0.1) is 71.1 Å². The van der Waals surface area contributed by atoms with Crippen LogP contribution >= 0.6 is 0 Å². The predicted molar refractivity (Wildman–Crippen MR) is 193 cm³/mol. The number of aliphatic imine (C=N–C) groups is 2. The van der Waals surface area contributed by atoms with Gasteiger partial charge in [0.25, 0.3) is 0 Å². The van der Waals surface area contributed by atoms with Gasteiger partial charge in [0.15, 0.2) is 0 Å². The van der Waals surface area contributed by atoms with Gasteiger partial charge in [0.1, 0.15) is 0 Å². The second-order valence-electron chi connectivity index (χ2n) is 12.8. The molecule has 0 atom stereocenters. The molecule has 0 aliphatic carbocycles. The normalized spacial score (nSPS) is 19.9. The summed E-state index contributed by atoms with van der Waals surface area (Å²) in [4.78, 5) is 18.0. The number of nitriles is 3. The molecule has 8 bridgehead atoms. The van der Waals surface area contributed by atoms with E-state index in [1.54, 1.807) is 0 Å². The Hall–Kier alpha value is -6.23. The molecule has 0 amide bonds. The number of H-pyrrole nitrogens is 2. The van der Waals surface area contributed by atoms with Gasteiger partial charge < -0.3 is 9.97 Å². The lowest BCUT2D eigenvalue weighted by Gasteiger charge is -2.31. The summed E-state index contributed by atoms with van der Waals surface area (Å²) in [6.07, 6.45) is 11.2. The maximum Gasteiger partial charge on any atom is 0.0762 e. The van der Waals surface area contributed by atoms with Crippen LogP contribution in [0.4, 0.5) is 0 Å². The summed E-state index contributed by atoms with van der Waals surface area (Å²) in [6, 6.07) is 35.5. The van der Waals surface area contributed by atoms with Gasteiger partial charge in [0, 0.05) is 33.9 Å². The molecule has 7 rings (SSSR count). The number of unbranched alkanes of at least 4 members (excludes halogenated alkanes) is 1. The number of benzene rings is 2. The number of aromatic amines is 2. The second kappa shape index (κ2) is 13.1. The molecule has 7 nitrogen and oxygen atoms in total. The first-order chi connectivity index (χ1) is 24.1. The molecule has 0 spiro atoms. The van der Waals surface area contributed by atoms with Crippen LogP contribution in [0.25, 0.3) is 11.1 Å². The number of nitrogens with zero attached hydrogens (tertiary/aromatic N) is 5. The van der Waals surface area contributed by atoms with Gasteiger partial charge in [-0.25, -0.2) is 0 Å². The van der Waals surface area contributed by atoms with E-state index in [4.69, 9.17) is 9.98 Å². The van der Waals surface area contributed by atoms with Crippen molar-refractivity contribution >= 4 is 22.6 Å². The zero-order chi connectivity index (χ0) is 33.8. The summed E-state index contributed by atoms with van der Waals surface area (Å²) in [5.74, 6) is 0. The van der Waals surface area contributed by atoms with Gasteiger partial charge >= 0.3 is 0 Å². The van der Waals surface area contributed by atoms with Crippen molar-refractivity contribution < 1.29 is 0 Å². The Morgan fingerprint density at radius 3 is 1.45 bits per heavy atom. The molecule has 2 N–H and O–H groups in total. The third-order valence-corrected chi connectivity index (χ3v) is 9.94. The number of hydrogen-bond donors (Lipinski definition) is 2. The molecule has 238 valence electrons. The largest absolute Gasteiger partial charge is 0.357 e. The van der Waals surface area contributed by atoms with Crippen LogP contribution < -0.4 is 0 Å². The molecular weight excluding hydrogens is 603 g/mol. The first-order valence-corrected chi connectivity index (χ1v) is 16.7. The summed E-state index contributed by atoms with van der Waals surface area (Å²) in [6.45, 7) is 2.16. The van der Waals surface area contributed by atoms with Crippen molar-refractivity contribution in [2.75, 3.05) is 0 Å². The minimum absolute atomic E-state index is 0.0907. The van der Waals surface area contributed by atoms with Gasteiger partial charge in [-0.1, -0.05) is 80.4 Å². The van der Waals surface area contributed by atoms with E-state index in [-0.39, 0.29) is 19.3 Å². The molecule has 3 aliphatic heterocycles. The average molecular weight is 638 g/mol. The lowest BCUT2D eigenvalue weighted by atomic mass is 9.72. The Kier molecular flexibility index (Phi) is 8.39. The van der Waals surface area contributed by atoms with Crippen LogP contribution in [0, 0.1) is 39.4 Å². The van der Waals surface area contributed by atoms with E-state index in [0.29, 0.717) is 0 Å². The van der Waals surface area contributed by atoms with Gasteiger partial charge in [-0.05, 0) is 66.1 Å². The first-order valence-electron chi connectivity index (χ1n) is 16.7. The third-order valence-electron chi connectivity index (χ3n) is 9.94. The zero-order valence-electron chi connectivity index (χ0n) is 27.4. The fraction of sp³-hybridized carbons (Fsp3) is 0.214. The Bertz CT molecular complexity index is 2070. The number of aromatic nitrogens is 2. The average Bonchev–Trinajstić information content (AvgIpc) is 3.97. The SMILES string of the molecule is CCCCC1(CC#N)C2=N/C(=C(/c3ccccc3)c3ccc([nH]3)C(CC#N)(CC#N)c3ccc([nH]3)/C(c3ccccc3)=C3/C=CC1=N3)C=C2. The highest BCUT2D eigenvalue weighted by atomic mass is 14.9. The highest BCUT2D eigenvalue weighted by Gasteiger charge is 2.42. The van der Waals surface area contributed by atoms with E-state index in [9.17, 15) is 15.8 Å². The molecule has 0 saturated heterocycles. The first kappa shape index (κ1) is 31.4. The summed E-state index contributed by atoms with van der Waals surface area (Å²) >= 11 is 0. The van der Waals surface area contributed by atoms with Crippen LogP contribution in [0.1, 0.15) is 79.4 Å². The van der Waals surface area contributed by atoms with Gasteiger partial charge in [0.2, 0.25) is 0 Å². The van der Waals surface area contributed by atoms with Crippen molar-refractivity contribution in [1.29, 1.82) is 15.8 Å². The van der Waals surface area contributed by atoms with Gasteiger partial charge in [-0.2, -0.15) is 15.8 Å². The highest BCUT2D eigenvalue weighted by molar-refractivity contribution is 6.23. The van der Waals surface area contributed by atoms with E-state index in [0.717, 1.165) is 87.1 Å². The van der Waals surface area contributed by atoms with Gasteiger partial charge in [-0.15, -0.1) is 0 Å². The Morgan fingerprint density at radius 1 is 0.571 bits per heavy atom. The molecular formula is C42H35N7. The number of rotatable bonds is 8. The third kappa shape index (κ3) is 5.38. The topological polar surface area (TPSA) is 128 Å². The lowest BCUT2D eigenvalue weighted by molar-refractivity contribution is 0.509. The van der Waals surface area contributed by atoms with E-state index in [1.165, 1.54) is 0 Å². The molecule has 5 heterocycles. The zero-order valence-corrected chi connectivity index (χ0v) is 27.4. The Labute approximate surface area is 286 Å². The fourth-order valence-corrected chi connectivity index (χ4v) is 7.40. The van der Waals surface area contributed by atoms with E-state index in [1.807, 2.05) is 72.8 Å². The number of fused-ring (bicyclic) bond motifs is 6. The highest BCUT2D eigenvalue weighted by Crippen LogP contribution is 2.44. The van der Waals surface area contributed by atoms with Crippen LogP contribution in [0.5, 0.6) is 0 Å². The maximum atomic E-state index is 10.3. The smallest absolute Gasteiger partial charge is 0.0762 e. The van der Waals surface area contributed by atoms with Crippen LogP contribution in [0.2, 0.25) is 0 Å². The van der Waals surface area contributed by atoms with E-state index >= 15 is 0 Å². The quantitative estimate of drug-likeness (QED) is 0.200. The van der Waals surface area contributed by atoms with Crippen LogP contribution in [0.3, 0.4) is 0 Å². The summed E-state index contributed by atoms with van der Waals surface area (Å²) in [7, 11) is 0. The van der Waals surface area contributed by atoms with Gasteiger partial charge in [-0.3, -0.25) is 9.98 Å². The van der Waals surface area contributed by atoms with Crippen LogP contribution in [-0.4, -0.2) is 21.4 Å². The van der Waals surface area contributed by atoms with Crippen molar-refractivity contribution in [3.63, 3.8) is 0 Å². The van der Waals surface area contributed by atoms with Crippen LogP contribution in [0.15, 0.2) is 131 Å². The standard InChI is InChI=1S/C42H35N7/c1-2-3-22-41(23-26-43)35-18-14-31(46-35)39(29-10-6-4-7-11-29)33-16-20-37(48-33)42(24-27-44,25-28-45)38-21-17-34(49-38)40(30-12-8-5-9-13-30)32-15-19-36(41)47-32/h4-21,48-49H,2-3,22-25H2,1H3/b39-31-,40-32-. The minimum Gasteiger partial charge on any atom is -0.357 e. The Morgan fingerprint density at radius 2 is 1.02 bits per heavy atom. The molecule has 0 fully saturated rings. The van der Waals surface area contributed by atoms with Crippen molar-refractivity contribution in [3.8, 4) is 18.2 Å². The summed E-state index contributed by atoms with van der Waals surface area (Å²) < 4.78 is 0.